The van der Waals surface area contributed by atoms with E-state index in [1.165, 1.54) is 37.9 Å². The Hall–Kier alpha value is -1.92. The highest BCUT2D eigenvalue weighted by molar-refractivity contribution is 7.16. The van der Waals surface area contributed by atoms with Gasteiger partial charge in [0.05, 0.1) is 0 Å². The Labute approximate surface area is 150 Å². The Bertz CT molecular complexity index is 904. The van der Waals surface area contributed by atoms with Crippen LogP contribution in [0, 0.1) is 17.8 Å². The maximum atomic E-state index is 6.38. The molecule has 3 saturated heterocycles. The molecule has 2 aromatic heterocycles. The number of nitrogens with zero attached hydrogens (tertiary/aromatic N) is 3. The van der Waals surface area contributed by atoms with Crippen LogP contribution in [0.25, 0.3) is 21.5 Å². The summed E-state index contributed by atoms with van der Waals surface area (Å²) in [6, 6.07) is 8.44. The number of aromatic nitrogens is 3. The molecule has 5 nitrogen and oxygen atoms in total. The van der Waals surface area contributed by atoms with Gasteiger partial charge in [-0.05, 0) is 36.3 Å². The fourth-order valence-corrected chi connectivity index (χ4v) is 5.96. The number of ether oxygens (including phenoxy) is 1. The van der Waals surface area contributed by atoms with Crippen LogP contribution in [0.3, 0.4) is 0 Å². The quantitative estimate of drug-likeness (QED) is 0.785. The first kappa shape index (κ1) is 14.3. The highest BCUT2D eigenvalue weighted by Crippen LogP contribution is 2.45. The number of hydrogen-bond acceptors (Lipinski definition) is 5. The summed E-state index contributed by atoms with van der Waals surface area (Å²) < 4.78 is 6.38. The van der Waals surface area contributed by atoms with Gasteiger partial charge in [0.15, 0.2) is 5.01 Å². The Morgan fingerprint density at radius 1 is 1.08 bits per heavy atom. The van der Waals surface area contributed by atoms with Gasteiger partial charge in [0.2, 0.25) is 0 Å². The Morgan fingerprint density at radius 3 is 2.80 bits per heavy atom. The molecule has 1 saturated carbocycles. The van der Waals surface area contributed by atoms with Crippen LogP contribution in [0.1, 0.15) is 12.8 Å². The lowest BCUT2D eigenvalue weighted by Crippen LogP contribution is -2.61. The average molecular weight is 352 g/mol. The summed E-state index contributed by atoms with van der Waals surface area (Å²) >= 11 is 1.57. The summed E-state index contributed by atoms with van der Waals surface area (Å²) in [6.45, 7) is 3.71. The number of piperidine rings is 3. The second-order valence-electron chi connectivity index (χ2n) is 7.81. The van der Waals surface area contributed by atoms with E-state index in [1.807, 2.05) is 6.20 Å². The van der Waals surface area contributed by atoms with E-state index in [-0.39, 0.29) is 0 Å². The molecule has 1 aliphatic carbocycles. The first-order valence-electron chi connectivity index (χ1n) is 9.12. The minimum Gasteiger partial charge on any atom is -0.465 e. The van der Waals surface area contributed by atoms with Crippen molar-refractivity contribution in [1.82, 2.24) is 20.1 Å². The fraction of sp³-hybridized carbons (Fsp3) is 0.474. The van der Waals surface area contributed by atoms with Crippen molar-refractivity contribution in [3.05, 3.63) is 30.5 Å². The number of aromatic amines is 1. The van der Waals surface area contributed by atoms with Crippen molar-refractivity contribution in [2.24, 2.45) is 17.8 Å². The van der Waals surface area contributed by atoms with E-state index in [0.29, 0.717) is 17.9 Å². The minimum absolute atomic E-state index is 0.333. The molecule has 0 amide bonds. The number of nitrogens with one attached hydrogen (secondary N) is 1. The van der Waals surface area contributed by atoms with Crippen LogP contribution < -0.4 is 4.74 Å². The van der Waals surface area contributed by atoms with Gasteiger partial charge in [-0.15, -0.1) is 5.10 Å². The smallest absolute Gasteiger partial charge is 0.294 e. The van der Waals surface area contributed by atoms with Gasteiger partial charge in [-0.1, -0.05) is 28.6 Å². The second kappa shape index (κ2) is 5.29. The number of H-pyrrole nitrogens is 1. The third-order valence-corrected chi connectivity index (χ3v) is 7.01. The van der Waals surface area contributed by atoms with Crippen LogP contribution in [0.4, 0.5) is 0 Å². The molecular weight excluding hydrogens is 332 g/mol. The Morgan fingerprint density at radius 2 is 1.96 bits per heavy atom. The predicted octanol–water partition coefficient (Wildman–Crippen LogP) is 3.41. The van der Waals surface area contributed by atoms with Crippen molar-refractivity contribution in [2.75, 3.05) is 19.6 Å². The monoisotopic (exact) mass is 352 g/mol. The maximum Gasteiger partial charge on any atom is 0.294 e. The molecular formula is C19H20N4OS. The highest BCUT2D eigenvalue weighted by Gasteiger charge is 2.49. The minimum atomic E-state index is 0.333. The van der Waals surface area contributed by atoms with E-state index in [9.17, 15) is 0 Å². The lowest BCUT2D eigenvalue weighted by atomic mass is 9.66. The third kappa shape index (κ3) is 2.31. The zero-order valence-corrected chi connectivity index (χ0v) is 14.7. The van der Waals surface area contributed by atoms with E-state index in [2.05, 4.69) is 44.3 Å². The van der Waals surface area contributed by atoms with Crippen molar-refractivity contribution in [3.63, 3.8) is 0 Å². The average Bonchev–Trinajstić information content (AvgIpc) is 3.26. The molecule has 0 radical (unpaired) electrons. The number of hydrogen-bond donors (Lipinski definition) is 1. The van der Waals surface area contributed by atoms with Crippen molar-refractivity contribution in [3.8, 4) is 15.8 Å². The largest absolute Gasteiger partial charge is 0.465 e. The molecule has 3 aromatic rings. The molecule has 2 atom stereocenters. The summed E-state index contributed by atoms with van der Waals surface area (Å²) in [6.07, 6.45) is 4.95. The topological polar surface area (TPSA) is 54.0 Å². The van der Waals surface area contributed by atoms with Crippen LogP contribution in [0.15, 0.2) is 30.5 Å². The van der Waals surface area contributed by atoms with Crippen LogP contribution in [0.2, 0.25) is 0 Å². The van der Waals surface area contributed by atoms with Crippen molar-refractivity contribution in [2.45, 2.75) is 18.9 Å². The molecule has 128 valence electrons. The van der Waals surface area contributed by atoms with E-state index < -0.39 is 0 Å². The number of fused-ring (bicyclic) bond motifs is 1. The van der Waals surface area contributed by atoms with Crippen LogP contribution in [-0.4, -0.2) is 45.8 Å². The first-order chi connectivity index (χ1) is 12.3. The van der Waals surface area contributed by atoms with Gasteiger partial charge in [0.25, 0.3) is 5.19 Å². The maximum absolute atomic E-state index is 6.38. The first-order valence-corrected chi connectivity index (χ1v) is 9.93. The highest BCUT2D eigenvalue weighted by atomic mass is 32.1. The van der Waals surface area contributed by atoms with Gasteiger partial charge >= 0.3 is 0 Å². The molecule has 6 heteroatoms. The van der Waals surface area contributed by atoms with Crippen molar-refractivity contribution >= 4 is 22.2 Å². The summed E-state index contributed by atoms with van der Waals surface area (Å²) in [5.41, 5.74) is 2.23. The Kier molecular flexibility index (Phi) is 3.02. The van der Waals surface area contributed by atoms with Crippen LogP contribution in [-0.2, 0) is 0 Å². The molecule has 7 rings (SSSR count). The lowest BCUT2D eigenvalue weighted by Gasteiger charge is -2.54. The normalized spacial score (nSPS) is 33.2. The number of rotatable bonds is 3. The summed E-state index contributed by atoms with van der Waals surface area (Å²) in [7, 11) is 0. The van der Waals surface area contributed by atoms with E-state index in [4.69, 9.17) is 4.74 Å². The fourth-order valence-electron chi connectivity index (χ4n) is 5.23. The van der Waals surface area contributed by atoms with Gasteiger partial charge in [0, 0.05) is 48.7 Å². The van der Waals surface area contributed by atoms with Crippen molar-refractivity contribution in [1.29, 1.82) is 0 Å². The lowest BCUT2D eigenvalue weighted by molar-refractivity contribution is -0.0986. The summed E-state index contributed by atoms with van der Waals surface area (Å²) in [4.78, 5) is 5.89. The summed E-state index contributed by atoms with van der Waals surface area (Å²) in [5.74, 6) is 2.25. The molecule has 4 aliphatic rings. The van der Waals surface area contributed by atoms with Gasteiger partial charge in [0.1, 0.15) is 6.10 Å². The van der Waals surface area contributed by atoms with Crippen LogP contribution >= 0.6 is 11.3 Å². The SMILES string of the molecule is c1cc2ccc(-c3nnc(OC4[C@H]5CC6C[C@H]4CN(C6)C5)s3)cc2[nH]1. The van der Waals surface area contributed by atoms with Crippen molar-refractivity contribution < 1.29 is 4.74 Å². The van der Waals surface area contributed by atoms with E-state index in [0.717, 1.165) is 27.2 Å². The molecule has 5 heterocycles. The second-order valence-corrected chi connectivity index (χ2v) is 8.75. The molecule has 0 spiro atoms. The van der Waals surface area contributed by atoms with E-state index >= 15 is 0 Å². The standard InChI is InChI=1S/C19H20N4OS/c1-2-13(7-16-12(1)3-4-20-16)18-21-22-19(25-18)24-17-14-5-11-6-15(17)10-23(8-11)9-14/h1-4,7,11,14-15,17,20H,5-6,8-10H2/t11?,14-,15-,17?/m0/s1. The third-order valence-electron chi connectivity index (χ3n) is 6.15. The van der Waals surface area contributed by atoms with Gasteiger partial charge in [-0.25, -0.2) is 0 Å². The zero-order valence-electron chi connectivity index (χ0n) is 13.9. The van der Waals surface area contributed by atoms with Gasteiger partial charge in [-0.2, -0.15) is 0 Å². The molecule has 1 N–H and O–H groups in total. The molecule has 1 aromatic carbocycles. The molecule has 3 aliphatic heterocycles. The molecule has 25 heavy (non-hydrogen) atoms. The molecule has 4 fully saturated rings. The zero-order chi connectivity index (χ0) is 16.4. The molecule has 4 bridgehead atoms. The van der Waals surface area contributed by atoms with Crippen LogP contribution in [0.5, 0.6) is 5.19 Å². The van der Waals surface area contributed by atoms with Gasteiger partial charge in [-0.3, -0.25) is 0 Å². The predicted molar refractivity (Wildman–Crippen MR) is 97.8 cm³/mol. The summed E-state index contributed by atoms with van der Waals surface area (Å²) in [5, 5.41) is 11.6. The Balaban J connectivity index is 1.25. The van der Waals surface area contributed by atoms with E-state index in [1.54, 1.807) is 11.3 Å². The number of benzene rings is 1. The van der Waals surface area contributed by atoms with Gasteiger partial charge < -0.3 is 14.6 Å². The molecule has 0 unspecified atom stereocenters.